The highest BCUT2D eigenvalue weighted by atomic mass is 35.5. The summed E-state index contributed by atoms with van der Waals surface area (Å²) in [7, 11) is 0. The Kier molecular flexibility index (Phi) is 4.53. The van der Waals surface area contributed by atoms with Crippen molar-refractivity contribution in [2.24, 2.45) is 17.8 Å². The molecule has 0 amide bonds. The Morgan fingerprint density at radius 3 is 2.54 bits per heavy atom. The number of alkyl halides is 1. The molecule has 1 aromatic rings. The van der Waals surface area contributed by atoms with Crippen LogP contribution in [-0.2, 0) is 15.2 Å². The number of aromatic nitrogens is 2. The molecular formula is C18H22ClF2N3O2. The summed E-state index contributed by atoms with van der Waals surface area (Å²) in [4.78, 5) is 20.2. The molecule has 2 bridgehead atoms. The van der Waals surface area contributed by atoms with Gasteiger partial charge in [-0.3, -0.25) is 4.79 Å². The van der Waals surface area contributed by atoms with E-state index in [0.29, 0.717) is 6.61 Å². The maximum atomic E-state index is 14.9. The van der Waals surface area contributed by atoms with Gasteiger partial charge in [-0.2, -0.15) is 4.98 Å². The van der Waals surface area contributed by atoms with Crippen LogP contribution in [0.5, 0.6) is 0 Å². The second kappa shape index (κ2) is 6.59. The first-order valence-corrected chi connectivity index (χ1v) is 9.66. The van der Waals surface area contributed by atoms with Gasteiger partial charge < -0.3 is 10.1 Å². The fraction of sp³-hybridized carbons (Fsp3) is 0.722. The molecule has 1 N–H and O–H groups in total. The van der Waals surface area contributed by atoms with E-state index in [4.69, 9.17) is 16.3 Å². The predicted octanol–water partition coefficient (Wildman–Crippen LogP) is 4.01. The summed E-state index contributed by atoms with van der Waals surface area (Å²) < 4.78 is 34.5. The van der Waals surface area contributed by atoms with Crippen molar-refractivity contribution in [1.29, 1.82) is 0 Å². The molecule has 4 aliphatic rings. The highest BCUT2D eigenvalue weighted by molar-refractivity contribution is 6.28. The zero-order valence-electron chi connectivity index (χ0n) is 14.6. The molecule has 142 valence electrons. The van der Waals surface area contributed by atoms with Crippen LogP contribution in [0.3, 0.4) is 0 Å². The van der Waals surface area contributed by atoms with Gasteiger partial charge in [-0.25, -0.2) is 13.8 Å². The van der Waals surface area contributed by atoms with Crippen LogP contribution >= 0.6 is 11.6 Å². The quantitative estimate of drug-likeness (QED) is 0.613. The van der Waals surface area contributed by atoms with E-state index >= 15 is 0 Å². The summed E-state index contributed by atoms with van der Waals surface area (Å²) in [5.74, 6) is -1.09. The van der Waals surface area contributed by atoms with Crippen molar-refractivity contribution in [2.75, 3.05) is 11.9 Å². The number of nitrogens with zero attached hydrogens (tertiary/aromatic N) is 2. The molecule has 1 aromatic heterocycles. The lowest BCUT2D eigenvalue weighted by Gasteiger charge is -2.47. The zero-order valence-corrected chi connectivity index (χ0v) is 15.4. The lowest BCUT2D eigenvalue weighted by atomic mass is 9.61. The summed E-state index contributed by atoms with van der Waals surface area (Å²) >= 11 is 5.91. The minimum absolute atomic E-state index is 0.115. The van der Waals surface area contributed by atoms with Crippen molar-refractivity contribution >= 4 is 23.4 Å². The molecule has 0 aromatic carbocycles. The van der Waals surface area contributed by atoms with E-state index in [9.17, 15) is 13.6 Å². The van der Waals surface area contributed by atoms with Crippen LogP contribution in [0.1, 0.15) is 51.1 Å². The molecule has 1 unspecified atom stereocenters. The van der Waals surface area contributed by atoms with Gasteiger partial charge in [0.25, 0.3) is 0 Å². The number of fused-ring (bicyclic) bond motifs is 3. The molecule has 2 atom stereocenters. The topological polar surface area (TPSA) is 64.1 Å². The van der Waals surface area contributed by atoms with Crippen molar-refractivity contribution in [3.05, 3.63) is 16.8 Å². The molecule has 4 aliphatic carbocycles. The number of hydrogen-bond donors (Lipinski definition) is 1. The third-order valence-corrected chi connectivity index (χ3v) is 6.19. The summed E-state index contributed by atoms with van der Waals surface area (Å²) in [6.07, 6.45) is 4.35. The summed E-state index contributed by atoms with van der Waals surface area (Å²) in [6.45, 7) is 2.08. The number of hydrogen-bond acceptors (Lipinski definition) is 5. The van der Waals surface area contributed by atoms with E-state index in [1.165, 1.54) is 0 Å². The third kappa shape index (κ3) is 3.04. The molecule has 0 spiro atoms. The number of esters is 1. The highest BCUT2D eigenvalue weighted by Crippen LogP contribution is 2.51. The number of carbonyl (C=O) groups is 1. The largest absolute Gasteiger partial charge is 0.466 e. The Morgan fingerprint density at radius 2 is 1.92 bits per heavy atom. The lowest BCUT2D eigenvalue weighted by Crippen LogP contribution is -2.52. The molecule has 4 saturated carbocycles. The van der Waals surface area contributed by atoms with Crippen LogP contribution < -0.4 is 5.32 Å². The molecule has 0 aliphatic heterocycles. The second-order valence-corrected chi connectivity index (χ2v) is 7.93. The van der Waals surface area contributed by atoms with Crippen molar-refractivity contribution < 1.29 is 18.3 Å². The van der Waals surface area contributed by atoms with E-state index in [1.807, 2.05) is 0 Å². The zero-order chi connectivity index (χ0) is 18.5. The number of anilines is 1. The minimum atomic E-state index is -1.75. The van der Waals surface area contributed by atoms with E-state index in [-0.39, 0.29) is 59.4 Å². The van der Waals surface area contributed by atoms with Crippen molar-refractivity contribution in [2.45, 2.75) is 57.2 Å². The molecule has 1 heterocycles. The van der Waals surface area contributed by atoms with Crippen molar-refractivity contribution in [1.82, 2.24) is 9.97 Å². The van der Waals surface area contributed by atoms with Gasteiger partial charge >= 0.3 is 5.97 Å². The Hall–Kier alpha value is -1.50. The molecular weight excluding hydrogens is 364 g/mol. The molecule has 26 heavy (non-hydrogen) atoms. The third-order valence-electron chi connectivity index (χ3n) is 6.02. The first kappa shape index (κ1) is 17.9. The van der Waals surface area contributed by atoms with Crippen LogP contribution in [0.4, 0.5) is 14.6 Å². The Morgan fingerprint density at radius 1 is 1.27 bits per heavy atom. The molecule has 0 saturated heterocycles. The maximum absolute atomic E-state index is 14.9. The maximum Gasteiger partial charge on any atom is 0.311 e. The van der Waals surface area contributed by atoms with Crippen LogP contribution in [0.2, 0.25) is 5.28 Å². The molecule has 5 rings (SSSR count). The average molecular weight is 386 g/mol. The molecule has 0 radical (unpaired) electrons. The smallest absolute Gasteiger partial charge is 0.311 e. The number of ether oxygens (including phenoxy) is 1. The van der Waals surface area contributed by atoms with Gasteiger partial charge in [0.15, 0.2) is 17.3 Å². The van der Waals surface area contributed by atoms with Gasteiger partial charge in [0.2, 0.25) is 5.28 Å². The number of nitrogens with one attached hydrogen (secondary N) is 1. The highest BCUT2D eigenvalue weighted by Gasteiger charge is 2.51. The fourth-order valence-electron chi connectivity index (χ4n) is 4.55. The molecule has 5 nitrogen and oxygen atoms in total. The second-order valence-electron chi connectivity index (χ2n) is 7.59. The van der Waals surface area contributed by atoms with Crippen LogP contribution in [-0.4, -0.2) is 28.6 Å². The van der Waals surface area contributed by atoms with Crippen LogP contribution in [0.15, 0.2) is 0 Å². The molecule has 8 heteroatoms. The van der Waals surface area contributed by atoms with Crippen LogP contribution in [0.25, 0.3) is 0 Å². The van der Waals surface area contributed by atoms with Gasteiger partial charge in [-0.15, -0.1) is 0 Å². The first-order chi connectivity index (χ1) is 12.4. The monoisotopic (exact) mass is 385 g/mol. The van der Waals surface area contributed by atoms with E-state index in [2.05, 4.69) is 15.3 Å². The summed E-state index contributed by atoms with van der Waals surface area (Å²) in [5, 5.41) is 2.88. The van der Waals surface area contributed by atoms with Crippen molar-refractivity contribution in [3.8, 4) is 0 Å². The van der Waals surface area contributed by atoms with Gasteiger partial charge in [-0.05, 0) is 68.9 Å². The van der Waals surface area contributed by atoms with Gasteiger partial charge in [-0.1, -0.05) is 0 Å². The Labute approximate surface area is 155 Å². The van der Waals surface area contributed by atoms with Gasteiger partial charge in [0, 0.05) is 6.04 Å². The Balaban J connectivity index is 1.65. The normalized spacial score (nSPS) is 31.5. The lowest BCUT2D eigenvalue weighted by molar-refractivity contribution is -0.154. The molecule has 4 fully saturated rings. The van der Waals surface area contributed by atoms with E-state index in [0.717, 1.165) is 25.7 Å². The summed E-state index contributed by atoms with van der Waals surface area (Å²) in [5.41, 5.74) is -2.03. The number of rotatable bonds is 5. The van der Waals surface area contributed by atoms with Crippen LogP contribution in [0, 0.1) is 23.6 Å². The van der Waals surface area contributed by atoms with Crippen molar-refractivity contribution in [3.63, 3.8) is 0 Å². The first-order valence-electron chi connectivity index (χ1n) is 9.28. The predicted molar refractivity (Wildman–Crippen MR) is 92.0 cm³/mol. The minimum Gasteiger partial charge on any atom is -0.466 e. The van der Waals surface area contributed by atoms with Gasteiger partial charge in [0.05, 0.1) is 12.5 Å². The van der Waals surface area contributed by atoms with E-state index < -0.39 is 11.5 Å². The summed E-state index contributed by atoms with van der Waals surface area (Å²) in [6, 6.07) is -0.287. The van der Waals surface area contributed by atoms with E-state index in [1.54, 1.807) is 6.92 Å². The number of halogens is 3. The standard InChI is InChI=1S/C18H22ClF2N3O2/c1-2-26-16(25)11-9-3-5-10(6-4-9)13(11)22-15-12(20)14(18(21)7-8-18)23-17(19)24-15/h9-11,13H,2-8H2,1H3,(H,22,23,24)/t9?,10?,11-,13?/m0/s1. The van der Waals surface area contributed by atoms with Gasteiger partial charge in [0.1, 0.15) is 5.69 Å². The Bertz CT molecular complexity index is 721. The SMILES string of the molecule is CCOC(=O)[C@H]1C2CCC(CC2)C1Nc1nc(Cl)nc(C2(F)CC2)c1F. The fourth-order valence-corrected chi connectivity index (χ4v) is 4.72. The average Bonchev–Trinajstić information content (AvgIpc) is 3.37. The number of carbonyl (C=O) groups excluding carboxylic acids is 1.